The van der Waals surface area contributed by atoms with Gasteiger partial charge in [-0.15, -0.1) is 0 Å². The van der Waals surface area contributed by atoms with E-state index in [0.29, 0.717) is 5.60 Å². The van der Waals surface area contributed by atoms with Crippen LogP contribution in [0.4, 0.5) is 0 Å². The van der Waals surface area contributed by atoms with Crippen LogP contribution in [-0.2, 0) is 4.74 Å². The molecule has 0 aromatic rings. The third-order valence-electron chi connectivity index (χ3n) is 7.00. The molecule has 5 fully saturated rings. The topological polar surface area (TPSA) is 9.23 Å². The lowest BCUT2D eigenvalue weighted by molar-refractivity contribution is -0.170. The van der Waals surface area contributed by atoms with Crippen LogP contribution in [0.2, 0.25) is 0 Å². The first-order chi connectivity index (χ1) is 9.28. The first-order valence-corrected chi connectivity index (χ1v) is 8.60. The normalized spacial score (nSPS) is 57.3. The second kappa shape index (κ2) is 3.87. The molecule has 3 unspecified atom stereocenters. The minimum Gasteiger partial charge on any atom is -0.375 e. The highest BCUT2D eigenvalue weighted by atomic mass is 16.5. The van der Waals surface area contributed by atoms with Gasteiger partial charge in [-0.05, 0) is 86.9 Å². The van der Waals surface area contributed by atoms with Crippen LogP contribution in [0.15, 0.2) is 12.2 Å². The smallest absolute Gasteiger partial charge is 0.0690 e. The number of hydrogen-bond donors (Lipinski definition) is 0. The SMILES string of the molecule is C1=CC2CC1CC2COC12CC3CC(CC(C3)C1)C2. The van der Waals surface area contributed by atoms with E-state index in [-0.39, 0.29) is 0 Å². The van der Waals surface area contributed by atoms with Crippen LogP contribution < -0.4 is 0 Å². The van der Waals surface area contributed by atoms with Gasteiger partial charge in [0.25, 0.3) is 0 Å². The van der Waals surface area contributed by atoms with Crippen molar-refractivity contribution >= 4 is 0 Å². The lowest BCUT2D eigenvalue weighted by atomic mass is 9.54. The van der Waals surface area contributed by atoms with Gasteiger partial charge >= 0.3 is 0 Å². The summed E-state index contributed by atoms with van der Waals surface area (Å²) in [4.78, 5) is 0. The van der Waals surface area contributed by atoms with Crippen molar-refractivity contribution in [1.29, 1.82) is 0 Å². The van der Waals surface area contributed by atoms with E-state index >= 15 is 0 Å². The molecule has 104 valence electrons. The second-order valence-corrected chi connectivity index (χ2v) is 8.45. The highest BCUT2D eigenvalue weighted by Crippen LogP contribution is 2.57. The first kappa shape index (κ1) is 11.4. The van der Waals surface area contributed by atoms with Crippen molar-refractivity contribution in [2.24, 2.45) is 35.5 Å². The van der Waals surface area contributed by atoms with Crippen molar-refractivity contribution in [3.05, 3.63) is 12.2 Å². The van der Waals surface area contributed by atoms with Crippen molar-refractivity contribution in [3.8, 4) is 0 Å². The molecule has 1 nitrogen and oxygen atoms in total. The van der Waals surface area contributed by atoms with Crippen molar-refractivity contribution in [2.45, 2.75) is 57.0 Å². The maximum absolute atomic E-state index is 6.64. The molecule has 1 heteroatoms. The lowest BCUT2D eigenvalue weighted by Gasteiger charge is -2.56. The molecule has 0 spiro atoms. The minimum absolute atomic E-state index is 0.334. The summed E-state index contributed by atoms with van der Waals surface area (Å²) >= 11 is 0. The lowest BCUT2D eigenvalue weighted by Crippen LogP contribution is -2.52. The van der Waals surface area contributed by atoms with E-state index in [2.05, 4.69) is 12.2 Å². The van der Waals surface area contributed by atoms with Gasteiger partial charge in [-0.3, -0.25) is 0 Å². The van der Waals surface area contributed by atoms with Crippen molar-refractivity contribution in [1.82, 2.24) is 0 Å². The third kappa shape index (κ3) is 1.77. The summed E-state index contributed by atoms with van der Waals surface area (Å²) < 4.78 is 6.64. The fraction of sp³-hybridized carbons (Fsp3) is 0.889. The molecule has 6 aliphatic rings. The summed E-state index contributed by atoms with van der Waals surface area (Å²) in [6, 6.07) is 0. The summed E-state index contributed by atoms with van der Waals surface area (Å²) in [5.74, 6) is 5.67. The molecule has 6 rings (SSSR count). The number of fused-ring (bicyclic) bond motifs is 2. The van der Waals surface area contributed by atoms with Gasteiger partial charge in [0.2, 0.25) is 0 Å². The van der Waals surface area contributed by atoms with Gasteiger partial charge in [0.1, 0.15) is 0 Å². The molecule has 0 N–H and O–H groups in total. The van der Waals surface area contributed by atoms with Crippen LogP contribution in [0, 0.1) is 35.5 Å². The van der Waals surface area contributed by atoms with Gasteiger partial charge in [-0.25, -0.2) is 0 Å². The molecule has 0 heterocycles. The Morgan fingerprint density at radius 3 is 2.05 bits per heavy atom. The van der Waals surface area contributed by atoms with Gasteiger partial charge in [-0.2, -0.15) is 0 Å². The summed E-state index contributed by atoms with van der Waals surface area (Å²) in [7, 11) is 0. The van der Waals surface area contributed by atoms with E-state index in [0.717, 1.165) is 42.1 Å². The Morgan fingerprint density at radius 1 is 0.842 bits per heavy atom. The van der Waals surface area contributed by atoms with E-state index in [9.17, 15) is 0 Å². The van der Waals surface area contributed by atoms with E-state index in [1.807, 2.05) is 0 Å². The monoisotopic (exact) mass is 258 g/mol. The summed E-state index contributed by atoms with van der Waals surface area (Å²) in [6.07, 6.45) is 16.5. The van der Waals surface area contributed by atoms with Crippen LogP contribution >= 0.6 is 0 Å². The Labute approximate surface area is 116 Å². The quantitative estimate of drug-likeness (QED) is 0.690. The Kier molecular flexibility index (Phi) is 2.32. The number of allylic oxidation sites excluding steroid dienone is 2. The average molecular weight is 258 g/mol. The predicted molar refractivity (Wildman–Crippen MR) is 75.7 cm³/mol. The van der Waals surface area contributed by atoms with Crippen LogP contribution in [0.1, 0.15) is 51.4 Å². The molecule has 0 saturated heterocycles. The zero-order valence-electron chi connectivity index (χ0n) is 11.9. The zero-order chi connectivity index (χ0) is 12.4. The Hall–Kier alpha value is -0.300. The molecule has 0 aromatic heterocycles. The molecule has 6 bridgehead atoms. The number of hydrogen-bond acceptors (Lipinski definition) is 1. The number of ether oxygens (including phenoxy) is 1. The van der Waals surface area contributed by atoms with Gasteiger partial charge in [0, 0.05) is 0 Å². The standard InChI is InChI=1S/C18H26O/c1-2-16-6-12(1)7-17(16)11-19-18-8-13-3-14(9-18)5-15(4-13)10-18/h1-2,12-17H,3-11H2. The maximum Gasteiger partial charge on any atom is 0.0690 e. The molecule has 0 radical (unpaired) electrons. The van der Waals surface area contributed by atoms with Gasteiger partial charge < -0.3 is 4.74 Å². The van der Waals surface area contributed by atoms with Crippen LogP contribution in [0.5, 0.6) is 0 Å². The molecular formula is C18H26O. The molecule has 3 atom stereocenters. The van der Waals surface area contributed by atoms with E-state index in [4.69, 9.17) is 4.74 Å². The molecule has 0 aromatic carbocycles. The third-order valence-corrected chi connectivity index (χ3v) is 7.00. The highest BCUT2D eigenvalue weighted by molar-refractivity contribution is 5.10. The van der Waals surface area contributed by atoms with Crippen molar-refractivity contribution in [2.75, 3.05) is 6.61 Å². The van der Waals surface area contributed by atoms with Crippen molar-refractivity contribution < 1.29 is 4.74 Å². The average Bonchev–Trinajstić information content (AvgIpc) is 2.97. The van der Waals surface area contributed by atoms with Gasteiger partial charge in [0.15, 0.2) is 0 Å². The summed E-state index contributed by atoms with van der Waals surface area (Å²) in [5, 5.41) is 0. The maximum atomic E-state index is 6.64. The Balaban J connectivity index is 1.28. The Bertz CT molecular complexity index is 375. The fourth-order valence-electron chi connectivity index (χ4n) is 6.58. The van der Waals surface area contributed by atoms with E-state index < -0.39 is 0 Å². The van der Waals surface area contributed by atoms with Crippen LogP contribution in [-0.4, -0.2) is 12.2 Å². The van der Waals surface area contributed by atoms with E-state index in [1.54, 1.807) is 0 Å². The molecule has 0 amide bonds. The van der Waals surface area contributed by atoms with E-state index in [1.165, 1.54) is 51.4 Å². The largest absolute Gasteiger partial charge is 0.375 e. The summed E-state index contributed by atoms with van der Waals surface area (Å²) in [5.41, 5.74) is 0.334. The first-order valence-electron chi connectivity index (χ1n) is 8.60. The van der Waals surface area contributed by atoms with Gasteiger partial charge in [-0.1, -0.05) is 12.2 Å². The van der Waals surface area contributed by atoms with Crippen LogP contribution in [0.25, 0.3) is 0 Å². The minimum atomic E-state index is 0.334. The zero-order valence-corrected chi connectivity index (χ0v) is 11.9. The molecular weight excluding hydrogens is 232 g/mol. The highest BCUT2D eigenvalue weighted by Gasteiger charge is 2.52. The fourth-order valence-corrected chi connectivity index (χ4v) is 6.58. The van der Waals surface area contributed by atoms with Gasteiger partial charge in [0.05, 0.1) is 12.2 Å². The summed E-state index contributed by atoms with van der Waals surface area (Å²) in [6.45, 7) is 1.07. The van der Waals surface area contributed by atoms with Crippen molar-refractivity contribution in [3.63, 3.8) is 0 Å². The molecule has 19 heavy (non-hydrogen) atoms. The van der Waals surface area contributed by atoms with Crippen LogP contribution in [0.3, 0.4) is 0 Å². The number of rotatable bonds is 3. The Morgan fingerprint density at radius 2 is 1.53 bits per heavy atom. The second-order valence-electron chi connectivity index (χ2n) is 8.45. The molecule has 6 aliphatic carbocycles. The predicted octanol–water partition coefficient (Wildman–Crippen LogP) is 4.18. The molecule has 5 saturated carbocycles. The molecule has 0 aliphatic heterocycles.